The summed E-state index contributed by atoms with van der Waals surface area (Å²) in [6, 6.07) is 0. The summed E-state index contributed by atoms with van der Waals surface area (Å²) in [7, 11) is 0. The molecule has 0 amide bonds. The molecular formula is C65H110O6. The highest BCUT2D eigenvalue weighted by molar-refractivity contribution is 5.71. The van der Waals surface area contributed by atoms with Crippen LogP contribution >= 0.6 is 0 Å². The topological polar surface area (TPSA) is 78.9 Å². The maximum absolute atomic E-state index is 12.9. The Morgan fingerprint density at radius 1 is 0.296 bits per heavy atom. The van der Waals surface area contributed by atoms with Gasteiger partial charge in [0, 0.05) is 19.3 Å². The van der Waals surface area contributed by atoms with Crippen molar-refractivity contribution in [1.82, 2.24) is 0 Å². The summed E-state index contributed by atoms with van der Waals surface area (Å²) in [5.74, 6) is -0.917. The van der Waals surface area contributed by atoms with E-state index in [0.29, 0.717) is 19.3 Å². The largest absolute Gasteiger partial charge is 0.462 e. The minimum absolute atomic E-state index is 0.0901. The Labute approximate surface area is 438 Å². The molecule has 0 aliphatic heterocycles. The van der Waals surface area contributed by atoms with Gasteiger partial charge in [-0.05, 0) is 122 Å². The normalized spacial score (nSPS) is 12.8. The van der Waals surface area contributed by atoms with Crippen LogP contribution in [0.4, 0.5) is 0 Å². The molecule has 0 N–H and O–H groups in total. The van der Waals surface area contributed by atoms with E-state index in [1.165, 1.54) is 103 Å². The molecule has 0 fully saturated rings. The first kappa shape index (κ1) is 67.3. The first-order valence-corrected chi connectivity index (χ1v) is 29.7. The van der Waals surface area contributed by atoms with Crippen LogP contribution in [-0.2, 0) is 28.6 Å². The van der Waals surface area contributed by atoms with E-state index in [0.717, 1.165) is 135 Å². The van der Waals surface area contributed by atoms with Crippen molar-refractivity contribution < 1.29 is 28.6 Å². The fourth-order valence-electron chi connectivity index (χ4n) is 8.08. The highest BCUT2D eigenvalue weighted by Gasteiger charge is 2.19. The Hall–Kier alpha value is -3.67. The van der Waals surface area contributed by atoms with Crippen molar-refractivity contribution >= 4 is 17.9 Å². The second-order valence-corrected chi connectivity index (χ2v) is 19.5. The molecule has 0 aliphatic carbocycles. The molecule has 0 aliphatic rings. The van der Waals surface area contributed by atoms with Gasteiger partial charge in [-0.3, -0.25) is 14.4 Å². The summed E-state index contributed by atoms with van der Waals surface area (Å²) >= 11 is 0. The lowest BCUT2D eigenvalue weighted by Gasteiger charge is -2.18. The van der Waals surface area contributed by atoms with Crippen molar-refractivity contribution in [2.24, 2.45) is 0 Å². The van der Waals surface area contributed by atoms with Crippen LogP contribution in [0.2, 0.25) is 0 Å². The van der Waals surface area contributed by atoms with Crippen molar-refractivity contribution in [3.8, 4) is 0 Å². The molecule has 0 saturated heterocycles. The summed E-state index contributed by atoms with van der Waals surface area (Å²) in [5, 5.41) is 0. The third-order valence-electron chi connectivity index (χ3n) is 12.5. The van der Waals surface area contributed by atoms with E-state index in [-0.39, 0.29) is 31.1 Å². The quantitative estimate of drug-likeness (QED) is 0.0261. The van der Waals surface area contributed by atoms with E-state index in [1.807, 2.05) is 0 Å². The molecule has 6 heteroatoms. The highest BCUT2D eigenvalue weighted by atomic mass is 16.6. The Morgan fingerprint density at radius 3 is 0.859 bits per heavy atom. The van der Waals surface area contributed by atoms with E-state index in [1.54, 1.807) is 0 Å². The lowest BCUT2D eigenvalue weighted by Crippen LogP contribution is -2.30. The first-order chi connectivity index (χ1) is 35.0. The number of hydrogen-bond acceptors (Lipinski definition) is 6. The molecule has 0 radical (unpaired) electrons. The minimum atomic E-state index is -0.794. The van der Waals surface area contributed by atoms with Crippen LogP contribution in [0.15, 0.2) is 97.2 Å². The van der Waals surface area contributed by atoms with Gasteiger partial charge < -0.3 is 14.2 Å². The van der Waals surface area contributed by atoms with Gasteiger partial charge in [0.2, 0.25) is 0 Å². The summed E-state index contributed by atoms with van der Waals surface area (Å²) < 4.78 is 16.9. The molecule has 71 heavy (non-hydrogen) atoms. The number of carbonyl (C=O) groups is 3. The van der Waals surface area contributed by atoms with Gasteiger partial charge in [-0.1, -0.05) is 234 Å². The van der Waals surface area contributed by atoms with Gasteiger partial charge >= 0.3 is 17.9 Å². The Kier molecular flexibility index (Phi) is 55.9. The molecule has 0 aromatic carbocycles. The molecule has 0 spiro atoms. The van der Waals surface area contributed by atoms with Crippen LogP contribution in [0.3, 0.4) is 0 Å². The molecular weight excluding hydrogens is 877 g/mol. The minimum Gasteiger partial charge on any atom is -0.462 e. The van der Waals surface area contributed by atoms with Gasteiger partial charge in [0.25, 0.3) is 0 Å². The van der Waals surface area contributed by atoms with Crippen LogP contribution in [0.25, 0.3) is 0 Å². The second-order valence-electron chi connectivity index (χ2n) is 19.5. The predicted octanol–water partition coefficient (Wildman–Crippen LogP) is 20.1. The van der Waals surface area contributed by atoms with Gasteiger partial charge in [-0.2, -0.15) is 0 Å². The second kappa shape index (κ2) is 58.9. The fourth-order valence-corrected chi connectivity index (χ4v) is 8.08. The van der Waals surface area contributed by atoms with E-state index in [4.69, 9.17) is 14.2 Å². The fraction of sp³-hybridized carbons (Fsp3) is 0.708. The molecule has 1 atom stereocenters. The zero-order chi connectivity index (χ0) is 51.4. The molecule has 6 nitrogen and oxygen atoms in total. The Balaban J connectivity index is 4.38. The van der Waals surface area contributed by atoms with Gasteiger partial charge in [-0.25, -0.2) is 0 Å². The monoisotopic (exact) mass is 987 g/mol. The molecule has 406 valence electrons. The van der Waals surface area contributed by atoms with Crippen LogP contribution in [-0.4, -0.2) is 37.2 Å². The summed E-state index contributed by atoms with van der Waals surface area (Å²) in [6.07, 6.45) is 78.2. The molecule has 0 bridgehead atoms. The van der Waals surface area contributed by atoms with Gasteiger partial charge in [0.05, 0.1) is 0 Å². The third-order valence-corrected chi connectivity index (χ3v) is 12.5. The van der Waals surface area contributed by atoms with Crippen molar-refractivity contribution in [3.63, 3.8) is 0 Å². The van der Waals surface area contributed by atoms with E-state index >= 15 is 0 Å². The Bertz CT molecular complexity index is 1410. The van der Waals surface area contributed by atoms with Crippen LogP contribution in [0.1, 0.15) is 278 Å². The first-order valence-electron chi connectivity index (χ1n) is 29.7. The Morgan fingerprint density at radius 2 is 0.549 bits per heavy atom. The number of carbonyl (C=O) groups excluding carboxylic acids is 3. The molecule has 0 rings (SSSR count). The lowest BCUT2D eigenvalue weighted by atomic mass is 10.1. The third kappa shape index (κ3) is 57.1. The zero-order valence-electron chi connectivity index (χ0n) is 46.5. The predicted molar refractivity (Wildman–Crippen MR) is 307 cm³/mol. The standard InChI is InChI=1S/C65H110O6/c1-4-7-10-13-16-19-22-25-28-29-30-31-32-33-34-35-38-40-43-46-49-52-55-58-64(67)70-61-62(71-65(68)59-56-53-50-47-44-41-37-27-24-21-18-15-12-9-6-3)60-69-63(66)57-54-51-48-45-42-39-36-26-23-20-17-14-11-8-5-2/h7,10,16-21,25-28,30-31,36-37,62H,4-6,8-9,11-15,22-24,29,32-35,38-61H2,1-3H3/b10-7-,19-16-,20-17-,21-18-,28-25-,31-30-,36-26-,37-27-. The number of ether oxygens (including phenoxy) is 3. The van der Waals surface area contributed by atoms with Crippen LogP contribution in [0.5, 0.6) is 0 Å². The summed E-state index contributed by atoms with van der Waals surface area (Å²) in [4.78, 5) is 38.2. The van der Waals surface area contributed by atoms with Crippen molar-refractivity contribution in [2.75, 3.05) is 13.2 Å². The van der Waals surface area contributed by atoms with E-state index in [9.17, 15) is 14.4 Å². The number of rotatable bonds is 53. The summed E-state index contributed by atoms with van der Waals surface area (Å²) in [5.41, 5.74) is 0. The van der Waals surface area contributed by atoms with E-state index in [2.05, 4.69) is 118 Å². The van der Waals surface area contributed by atoms with Gasteiger partial charge in [0.1, 0.15) is 13.2 Å². The van der Waals surface area contributed by atoms with Crippen LogP contribution < -0.4 is 0 Å². The zero-order valence-corrected chi connectivity index (χ0v) is 46.5. The number of unbranched alkanes of at least 4 members (excludes halogenated alkanes) is 26. The average molecular weight is 988 g/mol. The van der Waals surface area contributed by atoms with Crippen molar-refractivity contribution in [3.05, 3.63) is 97.2 Å². The van der Waals surface area contributed by atoms with Crippen LogP contribution in [0, 0.1) is 0 Å². The molecule has 1 unspecified atom stereocenters. The number of esters is 3. The molecule has 0 aromatic heterocycles. The number of allylic oxidation sites excluding steroid dienone is 16. The molecule has 0 aromatic rings. The van der Waals surface area contributed by atoms with Gasteiger partial charge in [-0.15, -0.1) is 0 Å². The average Bonchev–Trinajstić information content (AvgIpc) is 3.37. The van der Waals surface area contributed by atoms with Crippen molar-refractivity contribution in [1.29, 1.82) is 0 Å². The molecule has 0 heterocycles. The van der Waals surface area contributed by atoms with Crippen molar-refractivity contribution in [2.45, 2.75) is 284 Å². The highest BCUT2D eigenvalue weighted by Crippen LogP contribution is 2.15. The maximum Gasteiger partial charge on any atom is 0.306 e. The smallest absolute Gasteiger partial charge is 0.306 e. The van der Waals surface area contributed by atoms with E-state index < -0.39 is 6.10 Å². The SMILES string of the molecule is CC/C=C\C/C=C\C/C=C\C/C=C\CCCCCCCCCCCCC(=O)OCC(COC(=O)CCCCCCC/C=C\C/C=C\CCCCC)OC(=O)CCCCCCC/C=C\C/C=C\CCCCC. The van der Waals surface area contributed by atoms with Gasteiger partial charge in [0.15, 0.2) is 6.10 Å². The number of hydrogen-bond donors (Lipinski definition) is 0. The molecule has 0 saturated carbocycles. The maximum atomic E-state index is 12.9. The lowest BCUT2D eigenvalue weighted by molar-refractivity contribution is -0.167. The summed E-state index contributed by atoms with van der Waals surface area (Å²) in [6.45, 7) is 6.46.